The maximum atomic E-state index is 10.4. The summed E-state index contributed by atoms with van der Waals surface area (Å²) in [4.78, 5) is 11.7. The summed E-state index contributed by atoms with van der Waals surface area (Å²) in [5.41, 5.74) is 1.55. The van der Waals surface area contributed by atoms with Gasteiger partial charge in [-0.15, -0.1) is 0 Å². The molecular weight excluding hydrogens is 194 g/mol. The van der Waals surface area contributed by atoms with Gasteiger partial charge < -0.3 is 10.9 Å². The molecule has 0 radical (unpaired) electrons. The van der Waals surface area contributed by atoms with E-state index in [0.29, 0.717) is 6.42 Å². The number of benzene rings is 1. The van der Waals surface area contributed by atoms with Crippen LogP contribution in [0.2, 0.25) is 0 Å². The molecule has 0 aliphatic carbocycles. The fourth-order valence-corrected chi connectivity index (χ4v) is 1.57. The topological polar surface area (TPSA) is 81.1 Å². The van der Waals surface area contributed by atoms with E-state index in [1.165, 1.54) is 4.79 Å². The summed E-state index contributed by atoms with van der Waals surface area (Å²) in [6.45, 7) is 0. The highest BCUT2D eigenvalue weighted by molar-refractivity contribution is 5.82. The molecule has 3 N–H and O–H groups in total. The summed E-state index contributed by atoms with van der Waals surface area (Å²) in [6, 6.07) is 7.50. The zero-order valence-electron chi connectivity index (χ0n) is 8.05. The van der Waals surface area contributed by atoms with E-state index in [0.717, 1.165) is 16.6 Å². The van der Waals surface area contributed by atoms with Gasteiger partial charge >= 0.3 is 5.97 Å². The van der Waals surface area contributed by atoms with Crippen molar-refractivity contribution in [1.29, 1.82) is 0 Å². The lowest BCUT2D eigenvalue weighted by atomic mass is 10.1. The van der Waals surface area contributed by atoms with Crippen molar-refractivity contribution in [2.45, 2.75) is 12.8 Å². The van der Waals surface area contributed by atoms with Gasteiger partial charge in [0.1, 0.15) is 0 Å². The number of carboxylic acids is 1. The monoisotopic (exact) mass is 205 g/mol. The molecule has 0 aliphatic rings. The lowest BCUT2D eigenvalue weighted by molar-refractivity contribution is -0.136. The van der Waals surface area contributed by atoms with Crippen LogP contribution in [0.1, 0.15) is 12.1 Å². The molecule has 78 valence electrons. The molecule has 0 fully saturated rings. The van der Waals surface area contributed by atoms with Crippen LogP contribution in [0.15, 0.2) is 24.3 Å². The summed E-state index contributed by atoms with van der Waals surface area (Å²) in [7, 11) is 0. The molecule has 0 amide bonds. The maximum Gasteiger partial charge on any atom is 0.303 e. The number of rotatable bonds is 3. The fraction of sp³-hybridized carbons (Fsp3) is 0.200. The normalized spacial score (nSPS) is 10.7. The van der Waals surface area contributed by atoms with E-state index in [2.05, 4.69) is 5.10 Å². The number of aliphatic carboxylic acids is 1. The minimum Gasteiger partial charge on any atom is -0.481 e. The van der Waals surface area contributed by atoms with Gasteiger partial charge in [0.2, 0.25) is 0 Å². The van der Waals surface area contributed by atoms with E-state index in [1.807, 2.05) is 24.3 Å². The van der Waals surface area contributed by atoms with Crippen LogP contribution in [0.4, 0.5) is 0 Å². The molecule has 2 aromatic rings. The number of aryl methyl sites for hydroxylation is 1. The number of hydrogen-bond donors (Lipinski definition) is 2. The Morgan fingerprint density at radius 2 is 2.20 bits per heavy atom. The predicted molar refractivity (Wildman–Crippen MR) is 55.8 cm³/mol. The van der Waals surface area contributed by atoms with Crippen molar-refractivity contribution in [3.63, 3.8) is 0 Å². The van der Waals surface area contributed by atoms with Gasteiger partial charge in [-0.25, -0.2) is 0 Å². The number of aromatic nitrogens is 2. The number of carbonyl (C=O) groups is 1. The zero-order chi connectivity index (χ0) is 10.8. The smallest absolute Gasteiger partial charge is 0.303 e. The summed E-state index contributed by atoms with van der Waals surface area (Å²) in [5.74, 6) is 4.81. The van der Waals surface area contributed by atoms with Crippen molar-refractivity contribution in [3.8, 4) is 0 Å². The number of hydrogen-bond acceptors (Lipinski definition) is 3. The van der Waals surface area contributed by atoms with Gasteiger partial charge in [0.15, 0.2) is 0 Å². The molecule has 2 rings (SSSR count). The Balaban J connectivity index is 2.39. The summed E-state index contributed by atoms with van der Waals surface area (Å²) in [6.07, 6.45) is 0.473. The standard InChI is InChI=1S/C10H11N3O2/c11-13-9-4-2-1-3-7(9)8(12-13)5-6-10(14)15/h1-4H,5-6,11H2,(H,14,15). The molecule has 5 heteroatoms. The Kier molecular flexibility index (Phi) is 2.29. The highest BCUT2D eigenvalue weighted by Crippen LogP contribution is 2.17. The summed E-state index contributed by atoms with van der Waals surface area (Å²) < 4.78 is 0. The van der Waals surface area contributed by atoms with Crippen LogP contribution in [0, 0.1) is 0 Å². The van der Waals surface area contributed by atoms with Crippen molar-refractivity contribution >= 4 is 16.9 Å². The summed E-state index contributed by atoms with van der Waals surface area (Å²) >= 11 is 0. The first-order valence-electron chi connectivity index (χ1n) is 4.62. The second kappa shape index (κ2) is 3.61. The lowest BCUT2D eigenvalue weighted by Gasteiger charge is -1.92. The van der Waals surface area contributed by atoms with Gasteiger partial charge in [-0.3, -0.25) is 4.79 Å². The number of nitrogens with zero attached hydrogens (tertiary/aromatic N) is 2. The molecule has 5 nitrogen and oxygen atoms in total. The van der Waals surface area contributed by atoms with E-state index in [9.17, 15) is 4.79 Å². The van der Waals surface area contributed by atoms with Crippen LogP contribution in [-0.2, 0) is 11.2 Å². The van der Waals surface area contributed by atoms with Crippen LogP contribution in [0.3, 0.4) is 0 Å². The van der Waals surface area contributed by atoms with E-state index < -0.39 is 5.97 Å². The molecule has 0 bridgehead atoms. The van der Waals surface area contributed by atoms with Gasteiger partial charge in [-0.1, -0.05) is 18.2 Å². The Morgan fingerprint density at radius 3 is 2.93 bits per heavy atom. The Hall–Kier alpha value is -2.04. The van der Waals surface area contributed by atoms with E-state index >= 15 is 0 Å². The van der Waals surface area contributed by atoms with Gasteiger partial charge in [-0.2, -0.15) is 9.89 Å². The second-order valence-electron chi connectivity index (χ2n) is 3.30. The molecule has 0 saturated carbocycles. The van der Waals surface area contributed by atoms with Gasteiger partial charge in [0.25, 0.3) is 0 Å². The first kappa shape index (κ1) is 9.51. The SMILES string of the molecule is Nn1nc(CCC(=O)O)c2ccccc21. The van der Waals surface area contributed by atoms with Crippen LogP contribution < -0.4 is 5.84 Å². The number of carboxylic acid groups (broad SMARTS) is 1. The van der Waals surface area contributed by atoms with Gasteiger partial charge in [0, 0.05) is 11.8 Å². The third-order valence-corrected chi connectivity index (χ3v) is 2.27. The molecule has 1 aromatic carbocycles. The number of para-hydroxylation sites is 1. The fourth-order valence-electron chi connectivity index (χ4n) is 1.57. The zero-order valence-corrected chi connectivity index (χ0v) is 8.05. The number of fused-ring (bicyclic) bond motifs is 1. The van der Waals surface area contributed by atoms with Crippen LogP contribution in [-0.4, -0.2) is 21.0 Å². The van der Waals surface area contributed by atoms with Crippen molar-refractivity contribution in [1.82, 2.24) is 9.89 Å². The Labute approximate surface area is 86.1 Å². The molecule has 1 heterocycles. The molecular formula is C10H11N3O2. The van der Waals surface area contributed by atoms with Crippen molar-refractivity contribution in [2.75, 3.05) is 5.84 Å². The molecule has 15 heavy (non-hydrogen) atoms. The van der Waals surface area contributed by atoms with E-state index in [1.54, 1.807) is 0 Å². The third-order valence-electron chi connectivity index (χ3n) is 2.27. The average Bonchev–Trinajstić information content (AvgIpc) is 2.54. The number of nitrogen functional groups attached to an aromatic ring is 1. The highest BCUT2D eigenvalue weighted by Gasteiger charge is 2.09. The van der Waals surface area contributed by atoms with Crippen molar-refractivity contribution in [3.05, 3.63) is 30.0 Å². The maximum absolute atomic E-state index is 10.4. The van der Waals surface area contributed by atoms with Gasteiger partial charge in [0.05, 0.1) is 17.6 Å². The Bertz CT molecular complexity index is 504. The molecule has 0 spiro atoms. The van der Waals surface area contributed by atoms with Crippen LogP contribution in [0.5, 0.6) is 0 Å². The van der Waals surface area contributed by atoms with Crippen LogP contribution in [0.25, 0.3) is 10.9 Å². The largest absolute Gasteiger partial charge is 0.481 e. The van der Waals surface area contributed by atoms with Gasteiger partial charge in [-0.05, 0) is 6.07 Å². The molecule has 0 saturated heterocycles. The van der Waals surface area contributed by atoms with Crippen molar-refractivity contribution < 1.29 is 9.90 Å². The molecule has 0 unspecified atom stereocenters. The highest BCUT2D eigenvalue weighted by atomic mass is 16.4. The third kappa shape index (κ3) is 1.76. The molecule has 0 atom stereocenters. The minimum atomic E-state index is -0.828. The van der Waals surface area contributed by atoms with E-state index in [-0.39, 0.29) is 6.42 Å². The quantitative estimate of drug-likeness (QED) is 0.725. The van der Waals surface area contributed by atoms with Crippen LogP contribution >= 0.6 is 0 Å². The lowest BCUT2D eigenvalue weighted by Crippen LogP contribution is -2.10. The Morgan fingerprint density at radius 1 is 1.47 bits per heavy atom. The molecule has 1 aromatic heterocycles. The predicted octanol–water partition coefficient (Wildman–Crippen LogP) is 0.767. The second-order valence-corrected chi connectivity index (χ2v) is 3.30. The van der Waals surface area contributed by atoms with E-state index in [4.69, 9.17) is 10.9 Å². The first-order valence-corrected chi connectivity index (χ1v) is 4.62. The molecule has 0 aliphatic heterocycles. The van der Waals surface area contributed by atoms with Crippen molar-refractivity contribution in [2.24, 2.45) is 0 Å². The number of nitrogens with two attached hydrogens (primary N) is 1. The minimum absolute atomic E-state index is 0.0704. The average molecular weight is 205 g/mol. The first-order chi connectivity index (χ1) is 7.18. The summed E-state index contributed by atoms with van der Waals surface area (Å²) in [5, 5.41) is 13.6.